The summed E-state index contributed by atoms with van der Waals surface area (Å²) in [5.41, 5.74) is 0. The number of nitrogens with one attached hydrogen (secondary N) is 2. The Morgan fingerprint density at radius 3 is 2.75 bits per heavy atom. The molecule has 0 spiro atoms. The summed E-state index contributed by atoms with van der Waals surface area (Å²) >= 11 is 1.38. The molecule has 0 radical (unpaired) electrons. The summed E-state index contributed by atoms with van der Waals surface area (Å²) in [6.45, 7) is 2.43. The van der Waals surface area contributed by atoms with E-state index >= 15 is 0 Å². The van der Waals surface area contributed by atoms with Gasteiger partial charge >= 0.3 is 0 Å². The largest absolute Gasteiger partial charge is 0.391 e. The molecule has 3 N–H and O–H groups in total. The Morgan fingerprint density at radius 1 is 1.40 bits per heavy atom. The van der Waals surface area contributed by atoms with Gasteiger partial charge in [-0.25, -0.2) is 0 Å². The number of ether oxygens (including phenoxy) is 1. The summed E-state index contributed by atoms with van der Waals surface area (Å²) in [7, 11) is 1.50. The van der Waals surface area contributed by atoms with E-state index in [2.05, 4.69) is 10.6 Å². The topological polar surface area (TPSA) is 87.7 Å². The van der Waals surface area contributed by atoms with Crippen LogP contribution in [0.1, 0.15) is 21.0 Å². The molecule has 1 rings (SSSR count). The van der Waals surface area contributed by atoms with Crippen molar-refractivity contribution in [1.82, 2.24) is 10.6 Å². The van der Waals surface area contributed by atoms with E-state index in [9.17, 15) is 14.7 Å². The van der Waals surface area contributed by atoms with Crippen molar-refractivity contribution in [3.63, 3.8) is 0 Å². The predicted molar refractivity (Wildman–Crippen MR) is 76.9 cm³/mol. The van der Waals surface area contributed by atoms with Gasteiger partial charge in [-0.15, -0.1) is 11.3 Å². The van der Waals surface area contributed by atoms with Crippen molar-refractivity contribution in [3.05, 3.63) is 21.9 Å². The lowest BCUT2D eigenvalue weighted by Crippen LogP contribution is -2.38. The van der Waals surface area contributed by atoms with E-state index in [4.69, 9.17) is 4.74 Å². The van der Waals surface area contributed by atoms with Gasteiger partial charge in [0, 0.05) is 18.5 Å². The van der Waals surface area contributed by atoms with E-state index < -0.39 is 6.10 Å². The molecule has 112 valence electrons. The Kier molecular flexibility index (Phi) is 7.21. The number of hydrogen-bond acceptors (Lipinski definition) is 5. The molecule has 0 aromatic carbocycles. The molecule has 0 bridgehead atoms. The summed E-state index contributed by atoms with van der Waals surface area (Å²) in [5.74, 6) is -0.533. The Hall–Kier alpha value is -1.44. The van der Waals surface area contributed by atoms with Gasteiger partial charge in [0.05, 0.1) is 24.1 Å². The number of thiophene rings is 1. The number of aliphatic hydroxyl groups excluding tert-OH is 1. The lowest BCUT2D eigenvalue weighted by atomic mass is 10.2. The van der Waals surface area contributed by atoms with Crippen molar-refractivity contribution in [2.24, 2.45) is 0 Å². The zero-order valence-corrected chi connectivity index (χ0v) is 12.5. The third-order valence-electron chi connectivity index (χ3n) is 2.53. The van der Waals surface area contributed by atoms with Gasteiger partial charge < -0.3 is 20.5 Å². The van der Waals surface area contributed by atoms with Gasteiger partial charge in [-0.3, -0.25) is 9.59 Å². The average Bonchev–Trinajstić information content (AvgIpc) is 2.83. The summed E-state index contributed by atoms with van der Waals surface area (Å²) in [6.07, 6.45) is -0.179. The van der Waals surface area contributed by atoms with Crippen molar-refractivity contribution in [2.75, 3.05) is 26.8 Å². The Bertz CT molecular complexity index is 447. The number of rotatable bonds is 8. The van der Waals surface area contributed by atoms with E-state index in [-0.39, 0.29) is 25.0 Å². The molecule has 0 aliphatic heterocycles. The molecule has 0 saturated carbocycles. The second-order valence-electron chi connectivity index (χ2n) is 4.34. The fraction of sp³-hybridized carbons (Fsp3) is 0.538. The number of aliphatic hydroxyl groups is 1. The highest BCUT2D eigenvalue weighted by Crippen LogP contribution is 2.14. The SMILES string of the molecule is COCC(O)CCNC(=O)CNC(=O)c1ccc(C)s1. The summed E-state index contributed by atoms with van der Waals surface area (Å²) in [4.78, 5) is 24.8. The van der Waals surface area contributed by atoms with E-state index in [0.29, 0.717) is 17.8 Å². The smallest absolute Gasteiger partial charge is 0.261 e. The van der Waals surface area contributed by atoms with Crippen LogP contribution in [-0.4, -0.2) is 49.8 Å². The van der Waals surface area contributed by atoms with Gasteiger partial charge in [0.1, 0.15) is 0 Å². The molecule has 0 aliphatic rings. The molecule has 0 fully saturated rings. The van der Waals surface area contributed by atoms with Crippen LogP contribution >= 0.6 is 11.3 Å². The molecule has 1 aromatic rings. The highest BCUT2D eigenvalue weighted by atomic mass is 32.1. The number of aryl methyl sites for hydroxylation is 1. The van der Waals surface area contributed by atoms with Gasteiger partial charge in [0.25, 0.3) is 5.91 Å². The molecule has 1 heterocycles. The van der Waals surface area contributed by atoms with Gasteiger partial charge in [0.2, 0.25) is 5.91 Å². The van der Waals surface area contributed by atoms with Crippen molar-refractivity contribution >= 4 is 23.2 Å². The van der Waals surface area contributed by atoms with Crippen LogP contribution in [0.2, 0.25) is 0 Å². The Morgan fingerprint density at radius 2 is 2.15 bits per heavy atom. The lowest BCUT2D eigenvalue weighted by Gasteiger charge is -2.10. The van der Waals surface area contributed by atoms with Crippen LogP contribution in [0.25, 0.3) is 0 Å². The molecule has 1 unspecified atom stereocenters. The average molecular weight is 300 g/mol. The maximum Gasteiger partial charge on any atom is 0.261 e. The molecule has 2 amide bonds. The van der Waals surface area contributed by atoms with Crippen LogP contribution in [0.15, 0.2) is 12.1 Å². The summed E-state index contributed by atoms with van der Waals surface area (Å²) in [5, 5.41) is 14.6. The van der Waals surface area contributed by atoms with E-state index in [1.807, 2.05) is 13.0 Å². The number of carbonyl (C=O) groups excluding carboxylic acids is 2. The van der Waals surface area contributed by atoms with E-state index in [0.717, 1.165) is 4.88 Å². The molecule has 0 aliphatic carbocycles. The minimum absolute atomic E-state index is 0.0733. The van der Waals surface area contributed by atoms with Crippen LogP contribution in [0.3, 0.4) is 0 Å². The van der Waals surface area contributed by atoms with Crippen molar-refractivity contribution < 1.29 is 19.4 Å². The fourth-order valence-corrected chi connectivity index (χ4v) is 2.30. The van der Waals surface area contributed by atoms with E-state index in [1.54, 1.807) is 6.07 Å². The minimum Gasteiger partial charge on any atom is -0.391 e. The first-order chi connectivity index (χ1) is 9.52. The number of methoxy groups -OCH3 is 1. The summed E-state index contributed by atoms with van der Waals surface area (Å²) < 4.78 is 4.77. The first-order valence-corrected chi connectivity index (χ1v) is 7.13. The van der Waals surface area contributed by atoms with Crippen LogP contribution in [0.5, 0.6) is 0 Å². The van der Waals surface area contributed by atoms with Crippen LogP contribution in [-0.2, 0) is 9.53 Å². The predicted octanol–water partition coefficient (Wildman–Crippen LogP) is 0.300. The lowest BCUT2D eigenvalue weighted by molar-refractivity contribution is -0.120. The van der Waals surface area contributed by atoms with Gasteiger partial charge in [-0.2, -0.15) is 0 Å². The zero-order valence-electron chi connectivity index (χ0n) is 11.6. The molecule has 0 saturated heterocycles. The Balaban J connectivity index is 2.18. The standard InChI is InChI=1S/C13H20N2O4S/c1-9-3-4-11(20-9)13(18)15-7-12(17)14-6-5-10(16)8-19-2/h3-4,10,16H,5-8H2,1-2H3,(H,14,17)(H,15,18). The van der Waals surface area contributed by atoms with Gasteiger partial charge in [-0.05, 0) is 25.5 Å². The highest BCUT2D eigenvalue weighted by Gasteiger charge is 2.10. The zero-order chi connectivity index (χ0) is 15.0. The van der Waals surface area contributed by atoms with Crippen LogP contribution in [0.4, 0.5) is 0 Å². The Labute approximate surface area is 122 Å². The van der Waals surface area contributed by atoms with Gasteiger partial charge in [0.15, 0.2) is 0 Å². The van der Waals surface area contributed by atoms with Crippen molar-refractivity contribution in [1.29, 1.82) is 0 Å². The molecule has 1 atom stereocenters. The summed E-state index contributed by atoms with van der Waals surface area (Å²) in [6, 6.07) is 3.59. The molecule has 20 heavy (non-hydrogen) atoms. The third kappa shape index (κ3) is 6.14. The molecular formula is C13H20N2O4S. The first kappa shape index (κ1) is 16.6. The minimum atomic E-state index is -0.594. The second kappa shape index (κ2) is 8.68. The monoisotopic (exact) mass is 300 g/mol. The highest BCUT2D eigenvalue weighted by molar-refractivity contribution is 7.13. The maximum absolute atomic E-state index is 11.7. The van der Waals surface area contributed by atoms with E-state index in [1.165, 1.54) is 18.4 Å². The number of carbonyl (C=O) groups is 2. The molecule has 6 nitrogen and oxygen atoms in total. The third-order valence-corrected chi connectivity index (χ3v) is 3.53. The molecule has 1 aromatic heterocycles. The van der Waals surface area contributed by atoms with Crippen molar-refractivity contribution in [2.45, 2.75) is 19.4 Å². The van der Waals surface area contributed by atoms with Crippen LogP contribution < -0.4 is 10.6 Å². The molecule has 7 heteroatoms. The number of hydrogen-bond donors (Lipinski definition) is 3. The molecular weight excluding hydrogens is 280 g/mol. The fourth-order valence-electron chi connectivity index (χ4n) is 1.52. The van der Waals surface area contributed by atoms with Crippen molar-refractivity contribution in [3.8, 4) is 0 Å². The van der Waals surface area contributed by atoms with Crippen LogP contribution in [0, 0.1) is 6.92 Å². The van der Waals surface area contributed by atoms with Gasteiger partial charge in [-0.1, -0.05) is 0 Å². The normalized spacial score (nSPS) is 11.9. The maximum atomic E-state index is 11.7. The quantitative estimate of drug-likeness (QED) is 0.644. The second-order valence-corrected chi connectivity index (χ2v) is 5.63. The first-order valence-electron chi connectivity index (χ1n) is 6.31. The number of amides is 2.